The third-order valence-corrected chi connectivity index (χ3v) is 4.20. The van der Waals surface area contributed by atoms with E-state index in [1.165, 1.54) is 22.9 Å². The number of rotatable bonds is 4. The van der Waals surface area contributed by atoms with Crippen LogP contribution in [0.3, 0.4) is 0 Å². The zero-order chi connectivity index (χ0) is 18.5. The molecule has 0 spiro atoms. The molecule has 0 unspecified atom stereocenters. The van der Waals surface area contributed by atoms with Crippen LogP contribution in [0.15, 0.2) is 71.7 Å². The number of hydrogen-bond donors (Lipinski definition) is 1. The van der Waals surface area contributed by atoms with Crippen molar-refractivity contribution < 1.29 is 4.79 Å². The van der Waals surface area contributed by atoms with Gasteiger partial charge in [0.2, 0.25) is 0 Å². The first-order valence-corrected chi connectivity index (χ1v) is 8.26. The van der Waals surface area contributed by atoms with Gasteiger partial charge >= 0.3 is 0 Å². The van der Waals surface area contributed by atoms with E-state index in [0.29, 0.717) is 21.8 Å². The van der Waals surface area contributed by atoms with E-state index >= 15 is 0 Å². The van der Waals surface area contributed by atoms with Gasteiger partial charge in [0.05, 0.1) is 12.1 Å². The molecule has 0 aliphatic carbocycles. The maximum atomic E-state index is 12.5. The first kappa shape index (κ1) is 17.5. The predicted molar refractivity (Wildman–Crippen MR) is 104 cm³/mol. The van der Waals surface area contributed by atoms with Gasteiger partial charge in [-0.15, -0.1) is 6.42 Å². The van der Waals surface area contributed by atoms with E-state index < -0.39 is 0 Å². The van der Waals surface area contributed by atoms with Gasteiger partial charge in [-0.05, 0) is 35.9 Å². The van der Waals surface area contributed by atoms with E-state index in [-0.39, 0.29) is 18.0 Å². The van der Waals surface area contributed by atoms with Crippen LogP contribution in [0, 0.1) is 12.3 Å². The second-order valence-electron chi connectivity index (χ2n) is 5.65. The number of nitrogens with zero attached hydrogens (tertiary/aromatic N) is 1. The number of anilines is 1. The summed E-state index contributed by atoms with van der Waals surface area (Å²) in [6, 6.07) is 17.1. The van der Waals surface area contributed by atoms with Crippen LogP contribution in [0.4, 0.5) is 5.69 Å². The molecule has 0 radical (unpaired) electrons. The molecular weight excluding hydrogens is 348 g/mol. The minimum Gasteiger partial charge on any atom is -0.322 e. The molecule has 3 aromatic rings. The van der Waals surface area contributed by atoms with Crippen molar-refractivity contribution in [2.75, 3.05) is 5.32 Å². The van der Waals surface area contributed by atoms with Crippen LogP contribution < -0.4 is 10.9 Å². The highest BCUT2D eigenvalue weighted by molar-refractivity contribution is 6.31. The van der Waals surface area contributed by atoms with Gasteiger partial charge in [0.1, 0.15) is 0 Å². The lowest BCUT2D eigenvalue weighted by Gasteiger charge is -2.10. The zero-order valence-electron chi connectivity index (χ0n) is 13.8. The Kier molecular flexibility index (Phi) is 5.21. The Morgan fingerprint density at radius 3 is 2.69 bits per heavy atom. The van der Waals surface area contributed by atoms with Crippen LogP contribution >= 0.6 is 11.6 Å². The number of aromatic nitrogens is 1. The average Bonchev–Trinajstić information content (AvgIpc) is 2.65. The van der Waals surface area contributed by atoms with Gasteiger partial charge in [-0.1, -0.05) is 41.8 Å². The molecule has 3 rings (SSSR count). The minimum absolute atomic E-state index is 0.212. The van der Waals surface area contributed by atoms with Gasteiger partial charge in [0.25, 0.3) is 11.5 Å². The Morgan fingerprint density at radius 1 is 1.12 bits per heavy atom. The molecular formula is C21H15ClN2O2. The van der Waals surface area contributed by atoms with E-state index in [2.05, 4.69) is 11.2 Å². The van der Waals surface area contributed by atoms with Crippen LogP contribution in [-0.4, -0.2) is 10.5 Å². The molecule has 2 aromatic carbocycles. The Hall–Kier alpha value is -3.29. The van der Waals surface area contributed by atoms with Gasteiger partial charge in [-0.25, -0.2) is 0 Å². The smallest absolute Gasteiger partial charge is 0.257 e. The molecule has 1 N–H and O–H groups in total. The molecule has 26 heavy (non-hydrogen) atoms. The van der Waals surface area contributed by atoms with Crippen LogP contribution in [0.2, 0.25) is 5.02 Å². The largest absolute Gasteiger partial charge is 0.322 e. The van der Waals surface area contributed by atoms with E-state index in [9.17, 15) is 9.59 Å². The summed E-state index contributed by atoms with van der Waals surface area (Å²) in [6.07, 6.45) is 6.89. The van der Waals surface area contributed by atoms with Crippen molar-refractivity contribution in [1.29, 1.82) is 0 Å². The monoisotopic (exact) mass is 362 g/mol. The normalized spacial score (nSPS) is 10.2. The Morgan fingerprint density at radius 2 is 1.92 bits per heavy atom. The fraction of sp³-hybridized carbons (Fsp3) is 0.0476. The molecule has 5 heteroatoms. The molecule has 1 heterocycles. The molecule has 1 aromatic heterocycles. The van der Waals surface area contributed by atoms with Crippen molar-refractivity contribution in [2.24, 2.45) is 0 Å². The summed E-state index contributed by atoms with van der Waals surface area (Å²) in [5.74, 6) is 2.19. The van der Waals surface area contributed by atoms with Gasteiger partial charge in [0.15, 0.2) is 0 Å². The third-order valence-electron chi connectivity index (χ3n) is 3.83. The fourth-order valence-electron chi connectivity index (χ4n) is 2.49. The van der Waals surface area contributed by atoms with Crippen LogP contribution in [0.1, 0.15) is 21.5 Å². The summed E-state index contributed by atoms with van der Waals surface area (Å²) in [6.45, 7) is 0.284. The van der Waals surface area contributed by atoms with Crippen molar-refractivity contribution >= 4 is 23.2 Å². The summed E-state index contributed by atoms with van der Waals surface area (Å²) in [7, 11) is 0. The van der Waals surface area contributed by atoms with Crippen LogP contribution in [0.25, 0.3) is 0 Å². The lowest BCUT2D eigenvalue weighted by Crippen LogP contribution is -2.22. The summed E-state index contributed by atoms with van der Waals surface area (Å²) >= 11 is 6.15. The zero-order valence-corrected chi connectivity index (χ0v) is 14.5. The second kappa shape index (κ2) is 7.73. The van der Waals surface area contributed by atoms with Gasteiger partial charge < -0.3 is 9.88 Å². The van der Waals surface area contributed by atoms with Crippen molar-refractivity contribution in [2.45, 2.75) is 6.54 Å². The summed E-state index contributed by atoms with van der Waals surface area (Å²) < 4.78 is 1.45. The first-order chi connectivity index (χ1) is 12.6. The van der Waals surface area contributed by atoms with E-state index in [4.69, 9.17) is 18.0 Å². The highest BCUT2D eigenvalue weighted by atomic mass is 35.5. The molecule has 4 nitrogen and oxygen atoms in total. The average molecular weight is 363 g/mol. The van der Waals surface area contributed by atoms with Crippen molar-refractivity contribution in [3.63, 3.8) is 0 Å². The van der Waals surface area contributed by atoms with Crippen LogP contribution in [-0.2, 0) is 6.54 Å². The second-order valence-corrected chi connectivity index (χ2v) is 6.06. The molecule has 0 aliphatic heterocycles. The lowest BCUT2D eigenvalue weighted by atomic mass is 10.2. The number of pyridine rings is 1. The summed E-state index contributed by atoms with van der Waals surface area (Å²) in [5.41, 5.74) is 2.22. The highest BCUT2D eigenvalue weighted by Gasteiger charge is 2.10. The van der Waals surface area contributed by atoms with Crippen LogP contribution in [0.5, 0.6) is 0 Å². The Balaban J connectivity index is 1.84. The van der Waals surface area contributed by atoms with Crippen molar-refractivity contribution in [1.82, 2.24) is 4.57 Å². The Labute approximate surface area is 156 Å². The topological polar surface area (TPSA) is 51.1 Å². The maximum absolute atomic E-state index is 12.5. The molecule has 0 saturated carbocycles. The molecule has 0 bridgehead atoms. The molecule has 1 amide bonds. The number of carbonyl (C=O) groups excluding carboxylic acids is 1. The number of carbonyl (C=O) groups is 1. The lowest BCUT2D eigenvalue weighted by molar-refractivity contribution is 0.102. The van der Waals surface area contributed by atoms with Gasteiger partial charge in [-0.3, -0.25) is 9.59 Å². The SMILES string of the molecule is C#Cc1cccc(NC(=O)c2ccc(=O)n(Cc3ccccc3Cl)c2)c1. The standard InChI is InChI=1S/C21H15ClN2O2/c1-2-15-6-5-8-18(12-15)23-21(26)17-10-11-20(25)24(14-17)13-16-7-3-4-9-19(16)22/h1,3-12,14H,13H2,(H,23,26). The number of terminal acetylenes is 1. The number of halogens is 1. The van der Waals surface area contributed by atoms with Gasteiger partial charge in [0, 0.05) is 28.5 Å². The number of benzene rings is 2. The van der Waals surface area contributed by atoms with E-state index in [1.807, 2.05) is 18.2 Å². The number of amides is 1. The molecule has 128 valence electrons. The molecule has 0 atom stereocenters. The highest BCUT2D eigenvalue weighted by Crippen LogP contribution is 2.16. The fourth-order valence-corrected chi connectivity index (χ4v) is 2.68. The quantitative estimate of drug-likeness (QED) is 0.718. The Bertz CT molecular complexity index is 1060. The molecule has 0 aliphatic rings. The maximum Gasteiger partial charge on any atom is 0.257 e. The summed E-state index contributed by atoms with van der Waals surface area (Å²) in [4.78, 5) is 24.6. The van der Waals surface area contributed by atoms with E-state index in [0.717, 1.165) is 5.56 Å². The third kappa shape index (κ3) is 4.02. The predicted octanol–water partition coefficient (Wildman–Crippen LogP) is 3.78. The minimum atomic E-state index is -0.327. The van der Waals surface area contributed by atoms with Gasteiger partial charge in [-0.2, -0.15) is 0 Å². The van der Waals surface area contributed by atoms with Crippen molar-refractivity contribution in [3.05, 3.63) is 98.9 Å². The van der Waals surface area contributed by atoms with Crippen molar-refractivity contribution in [3.8, 4) is 12.3 Å². The first-order valence-electron chi connectivity index (χ1n) is 7.89. The molecule has 0 fully saturated rings. The number of hydrogen-bond acceptors (Lipinski definition) is 2. The molecule has 0 saturated heterocycles. The van der Waals surface area contributed by atoms with E-state index in [1.54, 1.807) is 30.3 Å². The number of nitrogens with one attached hydrogen (secondary N) is 1. The summed E-state index contributed by atoms with van der Waals surface area (Å²) in [5, 5.41) is 3.35.